The molecule has 4 heteroatoms. The van der Waals surface area contributed by atoms with Gasteiger partial charge in [0.25, 0.3) is 0 Å². The number of rotatable bonds is 16. The van der Waals surface area contributed by atoms with Crippen LogP contribution in [0.15, 0.2) is 66.2 Å². The van der Waals surface area contributed by atoms with Gasteiger partial charge in [-0.2, -0.15) is 0 Å². The minimum atomic E-state index is -0.0402. The van der Waals surface area contributed by atoms with Crippen LogP contribution in [0.5, 0.6) is 0 Å². The first-order chi connectivity index (χ1) is 17.3. The lowest BCUT2D eigenvalue weighted by molar-refractivity contribution is 0.263. The highest BCUT2D eigenvalue weighted by Crippen LogP contribution is 2.22. The molecule has 3 N–H and O–H groups in total. The lowest BCUT2D eigenvalue weighted by atomic mass is 9.98. The van der Waals surface area contributed by atoms with Gasteiger partial charge in [-0.05, 0) is 43.9 Å². The molecule has 0 amide bonds. The molecule has 0 heterocycles. The van der Waals surface area contributed by atoms with Crippen LogP contribution in [-0.2, 0) is 0 Å². The summed E-state index contributed by atoms with van der Waals surface area (Å²) in [7, 11) is 0. The first-order valence-electron chi connectivity index (χ1n) is 13.7. The third-order valence-corrected chi connectivity index (χ3v) is 5.67. The topological polar surface area (TPSA) is 56.7 Å². The molecule has 0 aromatic heterocycles. The average Bonchev–Trinajstić information content (AvgIpc) is 2.86. The zero-order valence-corrected chi connectivity index (χ0v) is 24.2. The van der Waals surface area contributed by atoms with Crippen LogP contribution in [0.3, 0.4) is 0 Å². The highest BCUT2D eigenvalue weighted by Gasteiger charge is 2.11. The van der Waals surface area contributed by atoms with E-state index in [-0.39, 0.29) is 12.6 Å². The van der Waals surface area contributed by atoms with Crippen molar-refractivity contribution in [3.8, 4) is 0 Å². The predicted molar refractivity (Wildman–Crippen MR) is 163 cm³/mol. The number of benzene rings is 1. The average molecular weight is 496 g/mol. The number of aliphatic hydroxyl groups excluding tert-OH is 1. The zero-order chi connectivity index (χ0) is 27.3. The van der Waals surface area contributed by atoms with Gasteiger partial charge in [-0.15, -0.1) is 0 Å². The second-order valence-corrected chi connectivity index (χ2v) is 9.44. The van der Waals surface area contributed by atoms with E-state index in [2.05, 4.69) is 68.8 Å². The third kappa shape index (κ3) is 15.4. The van der Waals surface area contributed by atoms with Crippen LogP contribution in [0, 0.1) is 12.8 Å². The highest BCUT2D eigenvalue weighted by atomic mass is 16.3. The van der Waals surface area contributed by atoms with Crippen LogP contribution >= 0.6 is 0 Å². The number of allylic oxidation sites excluding steroid dienone is 4. The maximum absolute atomic E-state index is 9.34. The second kappa shape index (κ2) is 20.6. The quantitative estimate of drug-likeness (QED) is 0.0933. The summed E-state index contributed by atoms with van der Waals surface area (Å²) in [6.07, 6.45) is 15.4. The Hall–Kier alpha value is -2.59. The lowest BCUT2D eigenvalue weighted by Crippen LogP contribution is -2.27. The van der Waals surface area contributed by atoms with Crippen molar-refractivity contribution in [3.05, 3.63) is 72.4 Å². The molecule has 1 aromatic rings. The predicted octanol–water partition coefficient (Wildman–Crippen LogP) is 8.46. The Morgan fingerprint density at radius 3 is 2.47 bits per heavy atom. The summed E-state index contributed by atoms with van der Waals surface area (Å²) in [5, 5.41) is 16.2. The summed E-state index contributed by atoms with van der Waals surface area (Å²) in [4.78, 5) is 4.89. The molecule has 0 aliphatic rings. The molecule has 1 aromatic carbocycles. The molecular formula is C32H53N3O. The van der Waals surface area contributed by atoms with Crippen molar-refractivity contribution in [3.63, 3.8) is 0 Å². The Bertz CT molecular complexity index is 851. The highest BCUT2D eigenvalue weighted by molar-refractivity contribution is 5.96. The fourth-order valence-electron chi connectivity index (χ4n) is 3.56. The number of aliphatic hydroxyl groups is 1. The fourth-order valence-corrected chi connectivity index (χ4v) is 3.56. The summed E-state index contributed by atoms with van der Waals surface area (Å²) < 4.78 is 0. The molecular weight excluding hydrogens is 442 g/mol. The van der Waals surface area contributed by atoms with Crippen LogP contribution in [-0.4, -0.2) is 30.1 Å². The molecule has 0 fully saturated rings. The van der Waals surface area contributed by atoms with E-state index in [1.165, 1.54) is 32.1 Å². The van der Waals surface area contributed by atoms with Crippen LogP contribution in [0.25, 0.3) is 5.70 Å². The first kappa shape index (κ1) is 33.4. The minimum absolute atomic E-state index is 0.0402. The van der Waals surface area contributed by atoms with Gasteiger partial charge in [0, 0.05) is 23.8 Å². The van der Waals surface area contributed by atoms with E-state index in [0.717, 1.165) is 40.3 Å². The van der Waals surface area contributed by atoms with Crippen molar-refractivity contribution in [2.24, 2.45) is 10.9 Å². The number of aryl methyl sites for hydroxylation is 1. The Balaban J connectivity index is 0.00000596. The van der Waals surface area contributed by atoms with Gasteiger partial charge in [-0.25, -0.2) is 0 Å². The maximum atomic E-state index is 9.34. The van der Waals surface area contributed by atoms with Gasteiger partial charge in [0.15, 0.2) is 0 Å². The number of aliphatic imine (C=N–C) groups is 1. The molecule has 202 valence electrons. The van der Waals surface area contributed by atoms with Crippen molar-refractivity contribution < 1.29 is 5.11 Å². The van der Waals surface area contributed by atoms with Crippen LogP contribution < -0.4 is 10.6 Å². The molecule has 0 radical (unpaired) electrons. The summed E-state index contributed by atoms with van der Waals surface area (Å²) in [6.45, 7) is 23.3. The Kier molecular flexibility index (Phi) is 19.1. The van der Waals surface area contributed by atoms with Gasteiger partial charge < -0.3 is 15.7 Å². The number of nitrogens with zero attached hydrogens (tertiary/aromatic N) is 1. The number of hydrogen-bond acceptors (Lipinski definition) is 3. The molecule has 0 bridgehead atoms. The number of unbranched alkanes of at least 4 members (excludes halogenated alkanes) is 3. The number of amidine groups is 1. The number of anilines is 1. The van der Waals surface area contributed by atoms with Crippen molar-refractivity contribution in [1.82, 2.24) is 5.32 Å². The molecule has 4 nitrogen and oxygen atoms in total. The molecule has 2 unspecified atom stereocenters. The van der Waals surface area contributed by atoms with Crippen LogP contribution in [0.1, 0.15) is 91.2 Å². The lowest BCUT2D eigenvalue weighted by Gasteiger charge is -2.19. The van der Waals surface area contributed by atoms with Crippen LogP contribution in [0.2, 0.25) is 0 Å². The van der Waals surface area contributed by atoms with E-state index in [9.17, 15) is 5.11 Å². The largest absolute Gasteiger partial charge is 0.394 e. The molecule has 0 saturated heterocycles. The second-order valence-electron chi connectivity index (χ2n) is 9.44. The maximum Gasteiger partial charge on any atom is 0.101 e. The van der Waals surface area contributed by atoms with Gasteiger partial charge in [-0.3, -0.25) is 4.99 Å². The van der Waals surface area contributed by atoms with Crippen molar-refractivity contribution in [1.29, 1.82) is 0 Å². The fraction of sp³-hybridized carbons (Fsp3) is 0.531. The molecule has 1 rings (SSSR count). The first-order valence-corrected chi connectivity index (χ1v) is 13.7. The Labute approximate surface area is 222 Å². The van der Waals surface area contributed by atoms with E-state index < -0.39 is 0 Å². The van der Waals surface area contributed by atoms with E-state index in [1.807, 2.05) is 45.9 Å². The van der Waals surface area contributed by atoms with Crippen molar-refractivity contribution in [2.75, 3.05) is 18.5 Å². The molecule has 36 heavy (non-hydrogen) atoms. The van der Waals surface area contributed by atoms with E-state index in [4.69, 9.17) is 4.99 Å². The normalized spacial score (nSPS) is 13.3. The summed E-state index contributed by atoms with van der Waals surface area (Å²) >= 11 is 0. The van der Waals surface area contributed by atoms with E-state index >= 15 is 0 Å². The Morgan fingerprint density at radius 2 is 1.83 bits per heavy atom. The van der Waals surface area contributed by atoms with Crippen LogP contribution in [0.4, 0.5) is 5.69 Å². The summed E-state index contributed by atoms with van der Waals surface area (Å²) in [6, 6.07) is 6.23. The molecule has 0 aliphatic heterocycles. The molecule has 2 atom stereocenters. The molecule has 0 spiro atoms. The van der Waals surface area contributed by atoms with Gasteiger partial charge >= 0.3 is 0 Å². The SMILES string of the molecule is C=C(C)/C=C\C=C\CN=C(CC(C)CCCCCC)Nc1cc(C(=C)NC(C)CO)ccc1C.CC. The van der Waals surface area contributed by atoms with Crippen molar-refractivity contribution in [2.45, 2.75) is 93.0 Å². The van der Waals surface area contributed by atoms with Gasteiger partial charge in [0.2, 0.25) is 0 Å². The summed E-state index contributed by atoms with van der Waals surface area (Å²) in [5.74, 6) is 1.58. The van der Waals surface area contributed by atoms with E-state index in [0.29, 0.717) is 12.5 Å². The van der Waals surface area contributed by atoms with Gasteiger partial charge in [0.1, 0.15) is 5.84 Å². The third-order valence-electron chi connectivity index (χ3n) is 5.67. The Morgan fingerprint density at radius 1 is 1.11 bits per heavy atom. The minimum Gasteiger partial charge on any atom is -0.394 e. The summed E-state index contributed by atoms with van der Waals surface area (Å²) in [5.41, 5.74) is 5.05. The number of hydrogen-bond donors (Lipinski definition) is 3. The molecule has 0 aliphatic carbocycles. The smallest absolute Gasteiger partial charge is 0.101 e. The van der Waals surface area contributed by atoms with E-state index in [1.54, 1.807) is 0 Å². The number of nitrogens with one attached hydrogen (secondary N) is 2. The molecule has 0 saturated carbocycles. The van der Waals surface area contributed by atoms with Gasteiger partial charge in [0.05, 0.1) is 13.2 Å². The van der Waals surface area contributed by atoms with Crippen molar-refractivity contribution >= 4 is 17.2 Å². The van der Waals surface area contributed by atoms with Gasteiger partial charge in [-0.1, -0.05) is 115 Å². The zero-order valence-electron chi connectivity index (χ0n) is 24.2. The monoisotopic (exact) mass is 495 g/mol. The standard InChI is InChI=1S/C30H47N3O.C2H6/c1-8-9-10-13-16-24(4)20-30(31-19-14-11-12-15-23(2)3)33-29-21-28(18-17-25(29)5)27(7)32-26(6)22-34;1-2/h11-12,14-15,17-18,21,24,26,32,34H,2,7-10,13,16,19-20,22H2,1,3-6H3,(H,31,33);1-2H3/b14-11+,15-12-;.